The SMILES string of the molecule is CCN(CC)CCCN1C(=O)C(O)=C(C(=O)c2sc3nc4ccccc4n3c2C)C1c1ccccc1F. The third-order valence-electron chi connectivity index (χ3n) is 7.11. The van der Waals surface area contributed by atoms with Gasteiger partial charge < -0.3 is 14.9 Å². The van der Waals surface area contributed by atoms with Crippen LogP contribution in [0.5, 0.6) is 0 Å². The number of aryl methyl sites for hydroxylation is 1. The number of halogens is 1. The van der Waals surface area contributed by atoms with Gasteiger partial charge in [-0.25, -0.2) is 9.37 Å². The standard InChI is InChI=1S/C28H29FN4O3S/c1-4-31(5-2)15-10-16-32-23(18-11-6-7-12-19(18)29)22(25(35)27(32)36)24(34)26-17(3)33-21-14-9-8-13-20(21)30-28(33)37-26/h6-9,11-14,23,35H,4-5,10,15-16H2,1-3H3. The number of amides is 1. The van der Waals surface area contributed by atoms with Crippen LogP contribution >= 0.6 is 11.3 Å². The molecule has 0 spiro atoms. The summed E-state index contributed by atoms with van der Waals surface area (Å²) in [5.74, 6) is -2.28. The summed E-state index contributed by atoms with van der Waals surface area (Å²) >= 11 is 1.21. The number of Topliss-reactive ketones (excluding diaryl/α,β-unsaturated/α-hetero) is 1. The fraction of sp³-hybridized carbons (Fsp3) is 0.321. The average molecular weight is 521 g/mol. The van der Waals surface area contributed by atoms with E-state index in [2.05, 4.69) is 23.7 Å². The van der Waals surface area contributed by atoms with Gasteiger partial charge in [-0.15, -0.1) is 0 Å². The van der Waals surface area contributed by atoms with Crippen LogP contribution in [0.25, 0.3) is 16.0 Å². The molecule has 1 aliphatic rings. The van der Waals surface area contributed by atoms with Crippen molar-refractivity contribution in [1.29, 1.82) is 0 Å². The molecule has 5 rings (SSSR count). The molecule has 3 heterocycles. The summed E-state index contributed by atoms with van der Waals surface area (Å²) in [6.07, 6.45) is 0.630. The van der Waals surface area contributed by atoms with Gasteiger partial charge in [-0.05, 0) is 51.2 Å². The van der Waals surface area contributed by atoms with Gasteiger partial charge in [0.25, 0.3) is 5.91 Å². The molecular formula is C28H29FN4O3S. The zero-order chi connectivity index (χ0) is 26.3. The second-order valence-corrected chi connectivity index (χ2v) is 10.1. The summed E-state index contributed by atoms with van der Waals surface area (Å²) in [6, 6.07) is 12.7. The van der Waals surface area contributed by atoms with Gasteiger partial charge in [-0.3, -0.25) is 14.0 Å². The lowest BCUT2D eigenvalue weighted by atomic mass is 9.94. The molecule has 7 nitrogen and oxygen atoms in total. The number of ketones is 1. The Bertz CT molecular complexity index is 1540. The van der Waals surface area contributed by atoms with Crippen molar-refractivity contribution >= 4 is 39.0 Å². The van der Waals surface area contributed by atoms with Crippen LogP contribution in [-0.2, 0) is 4.79 Å². The molecule has 1 amide bonds. The van der Waals surface area contributed by atoms with E-state index in [4.69, 9.17) is 0 Å². The van der Waals surface area contributed by atoms with Crippen LogP contribution in [0.4, 0.5) is 4.39 Å². The molecule has 1 unspecified atom stereocenters. The van der Waals surface area contributed by atoms with Crippen LogP contribution in [0.15, 0.2) is 59.9 Å². The first-order valence-electron chi connectivity index (χ1n) is 12.5. The Morgan fingerprint density at radius 2 is 1.84 bits per heavy atom. The number of benzene rings is 2. The highest BCUT2D eigenvalue weighted by molar-refractivity contribution is 7.19. The number of hydrogen-bond donors (Lipinski definition) is 1. The van der Waals surface area contributed by atoms with Gasteiger partial charge in [0.1, 0.15) is 5.82 Å². The fourth-order valence-electron chi connectivity index (χ4n) is 5.14. The fourth-order valence-corrected chi connectivity index (χ4v) is 6.23. The molecule has 1 atom stereocenters. The van der Waals surface area contributed by atoms with Crippen LogP contribution in [-0.4, -0.2) is 62.2 Å². The number of aromatic nitrogens is 2. The molecule has 2 aromatic heterocycles. The Hall–Kier alpha value is -3.56. The van der Waals surface area contributed by atoms with Crippen LogP contribution < -0.4 is 0 Å². The summed E-state index contributed by atoms with van der Waals surface area (Å²) in [5.41, 5.74) is 2.45. The maximum atomic E-state index is 15.1. The van der Waals surface area contributed by atoms with E-state index in [0.717, 1.165) is 30.7 Å². The zero-order valence-corrected chi connectivity index (χ0v) is 21.9. The second kappa shape index (κ2) is 10.1. The quantitative estimate of drug-likeness (QED) is 0.303. The van der Waals surface area contributed by atoms with Gasteiger partial charge in [0.2, 0.25) is 5.78 Å². The number of carbonyl (C=O) groups excluding carboxylic acids is 2. The molecule has 0 radical (unpaired) electrons. The van der Waals surface area contributed by atoms with Gasteiger partial charge in [-0.2, -0.15) is 0 Å². The Labute approximate surface area is 218 Å². The van der Waals surface area contributed by atoms with Gasteiger partial charge in [-0.1, -0.05) is 55.5 Å². The molecule has 0 fully saturated rings. The molecule has 192 valence electrons. The summed E-state index contributed by atoms with van der Waals surface area (Å²) in [4.78, 5) is 36.5. The zero-order valence-electron chi connectivity index (χ0n) is 21.1. The Kier molecular flexibility index (Phi) is 6.83. The first-order valence-corrected chi connectivity index (χ1v) is 13.3. The van der Waals surface area contributed by atoms with E-state index < -0.39 is 29.3 Å². The number of fused-ring (bicyclic) bond motifs is 3. The number of nitrogens with zero attached hydrogens (tertiary/aromatic N) is 4. The van der Waals surface area contributed by atoms with Crippen molar-refractivity contribution in [2.45, 2.75) is 33.2 Å². The maximum absolute atomic E-state index is 15.1. The van der Waals surface area contributed by atoms with Crippen LogP contribution in [0.1, 0.15) is 47.2 Å². The highest BCUT2D eigenvalue weighted by Gasteiger charge is 2.45. The molecule has 2 aromatic carbocycles. The summed E-state index contributed by atoms with van der Waals surface area (Å²) in [7, 11) is 0. The van der Waals surface area contributed by atoms with E-state index in [1.807, 2.05) is 35.6 Å². The first-order chi connectivity index (χ1) is 17.9. The van der Waals surface area contributed by atoms with Crippen LogP contribution in [0.3, 0.4) is 0 Å². The Morgan fingerprint density at radius 1 is 1.14 bits per heavy atom. The molecule has 0 bridgehead atoms. The van der Waals surface area contributed by atoms with Gasteiger partial charge in [0.15, 0.2) is 10.7 Å². The number of carbonyl (C=O) groups is 2. The molecule has 0 saturated heterocycles. The summed E-state index contributed by atoms with van der Waals surface area (Å²) in [5, 5.41) is 11.0. The van der Waals surface area contributed by atoms with Crippen molar-refractivity contribution in [1.82, 2.24) is 19.2 Å². The van der Waals surface area contributed by atoms with Crippen molar-refractivity contribution in [2.75, 3.05) is 26.2 Å². The van der Waals surface area contributed by atoms with Crippen molar-refractivity contribution < 1.29 is 19.1 Å². The molecule has 37 heavy (non-hydrogen) atoms. The first kappa shape index (κ1) is 25.1. The number of aliphatic hydroxyl groups is 1. The minimum absolute atomic E-state index is 0.0881. The molecule has 0 saturated carbocycles. The lowest BCUT2D eigenvalue weighted by Gasteiger charge is -2.28. The van der Waals surface area contributed by atoms with Gasteiger partial charge in [0, 0.05) is 17.8 Å². The summed E-state index contributed by atoms with van der Waals surface area (Å²) < 4.78 is 17.0. The largest absolute Gasteiger partial charge is 0.503 e. The van der Waals surface area contributed by atoms with E-state index in [0.29, 0.717) is 22.0 Å². The number of imidazole rings is 1. The van der Waals surface area contributed by atoms with Crippen LogP contribution in [0, 0.1) is 12.7 Å². The van der Waals surface area contributed by atoms with Crippen LogP contribution in [0.2, 0.25) is 0 Å². The molecule has 9 heteroatoms. The van der Waals surface area contributed by atoms with E-state index in [1.54, 1.807) is 18.2 Å². The average Bonchev–Trinajstić information content (AvgIpc) is 3.51. The highest BCUT2D eigenvalue weighted by atomic mass is 32.1. The minimum atomic E-state index is -1.01. The lowest BCUT2D eigenvalue weighted by molar-refractivity contribution is -0.129. The molecule has 1 N–H and O–H groups in total. The molecule has 1 aliphatic heterocycles. The Balaban J connectivity index is 1.56. The minimum Gasteiger partial charge on any atom is -0.503 e. The van der Waals surface area contributed by atoms with Crippen molar-refractivity contribution in [2.24, 2.45) is 0 Å². The molecule has 4 aromatic rings. The number of hydrogen-bond acceptors (Lipinski definition) is 6. The van der Waals surface area contributed by atoms with E-state index in [-0.39, 0.29) is 17.7 Å². The molecule has 0 aliphatic carbocycles. The number of aliphatic hydroxyl groups excluding tert-OH is 1. The number of para-hydroxylation sites is 2. The predicted molar refractivity (Wildman–Crippen MR) is 143 cm³/mol. The summed E-state index contributed by atoms with van der Waals surface area (Å²) in [6.45, 7) is 8.75. The highest BCUT2D eigenvalue weighted by Crippen LogP contribution is 2.41. The number of rotatable bonds is 9. The van der Waals surface area contributed by atoms with Gasteiger partial charge in [0.05, 0.1) is 27.5 Å². The van der Waals surface area contributed by atoms with Crippen molar-refractivity contribution in [3.8, 4) is 0 Å². The smallest absolute Gasteiger partial charge is 0.290 e. The molecular weight excluding hydrogens is 491 g/mol. The van der Waals surface area contributed by atoms with E-state index in [1.165, 1.54) is 22.3 Å². The van der Waals surface area contributed by atoms with Crippen molar-refractivity contribution in [3.05, 3.63) is 81.8 Å². The van der Waals surface area contributed by atoms with E-state index >= 15 is 4.39 Å². The number of thiazole rings is 1. The monoisotopic (exact) mass is 520 g/mol. The van der Waals surface area contributed by atoms with Crippen molar-refractivity contribution in [3.63, 3.8) is 0 Å². The second-order valence-electron chi connectivity index (χ2n) is 9.13. The maximum Gasteiger partial charge on any atom is 0.290 e. The van der Waals surface area contributed by atoms with E-state index in [9.17, 15) is 14.7 Å². The third kappa shape index (κ3) is 4.22. The Morgan fingerprint density at radius 3 is 2.57 bits per heavy atom. The topological polar surface area (TPSA) is 78.2 Å². The predicted octanol–water partition coefficient (Wildman–Crippen LogP) is 5.31. The van der Waals surface area contributed by atoms with Gasteiger partial charge >= 0.3 is 0 Å². The third-order valence-corrected chi connectivity index (χ3v) is 8.25. The lowest BCUT2D eigenvalue weighted by Crippen LogP contribution is -2.35. The normalized spacial score (nSPS) is 16.2.